The minimum atomic E-state index is 0.0238. The normalized spacial score (nSPS) is 15.1. The first-order chi connectivity index (χ1) is 13.7. The molecule has 1 N–H and O–H groups in total. The summed E-state index contributed by atoms with van der Waals surface area (Å²) in [5.74, 6) is 1.49. The van der Waals surface area contributed by atoms with E-state index in [2.05, 4.69) is 37.7 Å². The highest BCUT2D eigenvalue weighted by Gasteiger charge is 2.28. The summed E-state index contributed by atoms with van der Waals surface area (Å²) in [7, 11) is 0. The van der Waals surface area contributed by atoms with Gasteiger partial charge in [0.05, 0.1) is 6.54 Å². The molecule has 1 aliphatic rings. The fourth-order valence-corrected chi connectivity index (χ4v) is 3.87. The van der Waals surface area contributed by atoms with Crippen LogP contribution in [0.15, 0.2) is 43.0 Å². The van der Waals surface area contributed by atoms with Gasteiger partial charge < -0.3 is 9.47 Å². The molecule has 0 atom stereocenters. The maximum atomic E-state index is 12.7. The van der Waals surface area contributed by atoms with Crippen molar-refractivity contribution in [3.05, 3.63) is 65.8 Å². The number of hydrogen-bond acceptors (Lipinski definition) is 4. The molecule has 1 fully saturated rings. The number of carbonyl (C=O) groups excluding carboxylic acids is 1. The van der Waals surface area contributed by atoms with Crippen molar-refractivity contribution in [2.45, 2.75) is 45.1 Å². The topological polar surface area (TPSA) is 79.7 Å². The van der Waals surface area contributed by atoms with Crippen LogP contribution < -0.4 is 0 Å². The maximum absolute atomic E-state index is 12.7. The summed E-state index contributed by atoms with van der Waals surface area (Å²) in [4.78, 5) is 23.4. The fraction of sp³-hybridized carbons (Fsp3) is 0.429. The molecule has 4 heterocycles. The molecule has 0 radical (unpaired) electrons. The van der Waals surface area contributed by atoms with Crippen molar-refractivity contribution in [3.8, 4) is 0 Å². The molecule has 7 heteroatoms. The molecule has 0 aromatic carbocycles. The summed E-state index contributed by atoms with van der Waals surface area (Å²) in [6, 6.07) is 5.92. The van der Waals surface area contributed by atoms with E-state index in [1.54, 1.807) is 6.20 Å². The van der Waals surface area contributed by atoms with Crippen molar-refractivity contribution < 1.29 is 4.79 Å². The lowest BCUT2D eigenvalue weighted by molar-refractivity contribution is 0.0704. The molecule has 0 unspecified atom stereocenters. The molecule has 7 nitrogen and oxygen atoms in total. The highest BCUT2D eigenvalue weighted by atomic mass is 16.2. The van der Waals surface area contributed by atoms with E-state index in [1.165, 1.54) is 0 Å². The van der Waals surface area contributed by atoms with Gasteiger partial charge in [0.1, 0.15) is 11.5 Å². The Morgan fingerprint density at radius 2 is 2.14 bits per heavy atom. The maximum Gasteiger partial charge on any atom is 0.274 e. The smallest absolute Gasteiger partial charge is 0.274 e. The SMILES string of the molecule is CCCc1cc(C(=O)N2CCC(c3nccn3Cc3cccnc3)CC2)n[nH]1. The van der Waals surface area contributed by atoms with E-state index in [0.29, 0.717) is 11.6 Å². The number of H-pyrrole nitrogens is 1. The number of aromatic nitrogens is 5. The van der Waals surface area contributed by atoms with E-state index in [1.807, 2.05) is 35.6 Å². The van der Waals surface area contributed by atoms with Crippen LogP contribution in [0.1, 0.15) is 59.7 Å². The summed E-state index contributed by atoms with van der Waals surface area (Å²) < 4.78 is 2.20. The van der Waals surface area contributed by atoms with Crippen LogP contribution in [0.4, 0.5) is 0 Å². The molecule has 0 bridgehead atoms. The number of hydrogen-bond donors (Lipinski definition) is 1. The Balaban J connectivity index is 1.38. The predicted molar refractivity (Wildman–Crippen MR) is 106 cm³/mol. The van der Waals surface area contributed by atoms with Gasteiger partial charge in [0, 0.05) is 49.5 Å². The molecule has 146 valence electrons. The number of rotatable bonds is 6. The van der Waals surface area contributed by atoms with Crippen molar-refractivity contribution in [3.63, 3.8) is 0 Å². The van der Waals surface area contributed by atoms with Crippen molar-refractivity contribution in [1.29, 1.82) is 0 Å². The third-order valence-electron chi connectivity index (χ3n) is 5.34. The van der Waals surface area contributed by atoms with Crippen molar-refractivity contribution in [2.24, 2.45) is 0 Å². The van der Waals surface area contributed by atoms with Crippen LogP contribution in [-0.4, -0.2) is 48.6 Å². The summed E-state index contributed by atoms with van der Waals surface area (Å²) in [5.41, 5.74) is 2.72. The van der Waals surface area contributed by atoms with Crippen LogP contribution in [-0.2, 0) is 13.0 Å². The van der Waals surface area contributed by atoms with Gasteiger partial charge in [-0.3, -0.25) is 14.9 Å². The second-order valence-electron chi connectivity index (χ2n) is 7.37. The van der Waals surface area contributed by atoms with Gasteiger partial charge in [0.15, 0.2) is 0 Å². The second kappa shape index (κ2) is 8.37. The fourth-order valence-electron chi connectivity index (χ4n) is 3.87. The zero-order valence-corrected chi connectivity index (χ0v) is 16.2. The Labute approximate surface area is 164 Å². The molecule has 0 aliphatic carbocycles. The Hall–Kier alpha value is -2.96. The number of carbonyl (C=O) groups is 1. The van der Waals surface area contributed by atoms with Gasteiger partial charge in [-0.25, -0.2) is 4.98 Å². The van der Waals surface area contributed by atoms with Crippen LogP contribution in [0.3, 0.4) is 0 Å². The molecule has 4 rings (SSSR count). The number of aromatic amines is 1. The standard InChI is InChI=1S/C21H26N6O/c1-2-4-18-13-19(25-24-18)21(28)26-10-6-17(7-11-26)20-23-9-12-27(20)15-16-5-3-8-22-14-16/h3,5,8-9,12-14,17H,2,4,6-7,10-11,15H2,1H3,(H,24,25). The molecule has 3 aromatic rings. The first kappa shape index (κ1) is 18.4. The minimum absolute atomic E-state index is 0.0238. The van der Waals surface area contributed by atoms with Crippen molar-refractivity contribution >= 4 is 5.91 Å². The highest BCUT2D eigenvalue weighted by molar-refractivity contribution is 5.92. The number of nitrogens with one attached hydrogen (secondary N) is 1. The zero-order valence-electron chi connectivity index (χ0n) is 16.2. The molecular weight excluding hydrogens is 352 g/mol. The van der Waals surface area contributed by atoms with E-state index in [4.69, 9.17) is 0 Å². The number of imidazole rings is 1. The molecule has 1 saturated heterocycles. The van der Waals surface area contributed by atoms with E-state index in [0.717, 1.165) is 62.4 Å². The number of amides is 1. The average molecular weight is 378 g/mol. The van der Waals surface area contributed by atoms with Crippen LogP contribution in [0, 0.1) is 0 Å². The summed E-state index contributed by atoms with van der Waals surface area (Å²) >= 11 is 0. The Kier molecular flexibility index (Phi) is 5.50. The number of likely N-dealkylation sites (tertiary alicyclic amines) is 1. The van der Waals surface area contributed by atoms with Crippen LogP contribution >= 0.6 is 0 Å². The lowest BCUT2D eigenvalue weighted by atomic mass is 9.95. The number of aryl methyl sites for hydroxylation is 1. The Morgan fingerprint density at radius 1 is 1.29 bits per heavy atom. The van der Waals surface area contributed by atoms with Crippen molar-refractivity contribution in [2.75, 3.05) is 13.1 Å². The lowest BCUT2D eigenvalue weighted by Gasteiger charge is -2.31. The van der Waals surface area contributed by atoms with Gasteiger partial charge in [0.25, 0.3) is 5.91 Å². The van der Waals surface area contributed by atoms with Gasteiger partial charge >= 0.3 is 0 Å². The van der Waals surface area contributed by atoms with Crippen LogP contribution in [0.25, 0.3) is 0 Å². The third kappa shape index (κ3) is 3.98. The molecule has 1 amide bonds. The monoisotopic (exact) mass is 378 g/mol. The number of nitrogens with zero attached hydrogens (tertiary/aromatic N) is 5. The summed E-state index contributed by atoms with van der Waals surface area (Å²) in [6.07, 6.45) is 11.4. The average Bonchev–Trinajstić information content (AvgIpc) is 3.38. The van der Waals surface area contributed by atoms with Crippen LogP contribution in [0.2, 0.25) is 0 Å². The van der Waals surface area contributed by atoms with Gasteiger partial charge in [-0.2, -0.15) is 5.10 Å². The highest BCUT2D eigenvalue weighted by Crippen LogP contribution is 2.28. The van der Waals surface area contributed by atoms with Gasteiger partial charge in [-0.05, 0) is 37.0 Å². The number of piperidine rings is 1. The molecule has 0 saturated carbocycles. The van der Waals surface area contributed by atoms with Gasteiger partial charge in [-0.15, -0.1) is 0 Å². The largest absolute Gasteiger partial charge is 0.337 e. The lowest BCUT2D eigenvalue weighted by Crippen LogP contribution is -2.38. The summed E-state index contributed by atoms with van der Waals surface area (Å²) in [5, 5.41) is 7.17. The van der Waals surface area contributed by atoms with E-state index < -0.39 is 0 Å². The molecule has 1 aliphatic heterocycles. The van der Waals surface area contributed by atoms with Crippen LogP contribution in [0.5, 0.6) is 0 Å². The van der Waals surface area contributed by atoms with Gasteiger partial charge in [0.2, 0.25) is 0 Å². The third-order valence-corrected chi connectivity index (χ3v) is 5.34. The molecule has 28 heavy (non-hydrogen) atoms. The summed E-state index contributed by atoms with van der Waals surface area (Å²) in [6.45, 7) is 4.36. The Morgan fingerprint density at radius 3 is 2.89 bits per heavy atom. The van der Waals surface area contributed by atoms with E-state index in [-0.39, 0.29) is 5.91 Å². The zero-order chi connectivity index (χ0) is 19.3. The second-order valence-corrected chi connectivity index (χ2v) is 7.37. The first-order valence-electron chi connectivity index (χ1n) is 9.98. The first-order valence-corrected chi connectivity index (χ1v) is 9.98. The number of pyridine rings is 1. The Bertz CT molecular complexity index is 908. The van der Waals surface area contributed by atoms with Gasteiger partial charge in [-0.1, -0.05) is 19.4 Å². The van der Waals surface area contributed by atoms with Crippen molar-refractivity contribution in [1.82, 2.24) is 29.6 Å². The van der Waals surface area contributed by atoms with E-state index in [9.17, 15) is 4.79 Å². The molecule has 3 aromatic heterocycles. The van der Waals surface area contributed by atoms with E-state index >= 15 is 0 Å². The molecule has 0 spiro atoms. The quantitative estimate of drug-likeness (QED) is 0.715. The predicted octanol–water partition coefficient (Wildman–Crippen LogP) is 3.02. The molecular formula is C21H26N6O. The minimum Gasteiger partial charge on any atom is -0.337 e.